The number of halogens is 1. The van der Waals surface area contributed by atoms with Gasteiger partial charge in [0.1, 0.15) is 24.1 Å². The summed E-state index contributed by atoms with van der Waals surface area (Å²) in [6.45, 7) is 3.51. The zero-order chi connectivity index (χ0) is 31.7. The number of rotatable bonds is 13. The fourth-order valence-electron chi connectivity index (χ4n) is 5.26. The number of carbonyl (C=O) groups is 2. The summed E-state index contributed by atoms with van der Waals surface area (Å²) >= 11 is 6.03. The maximum absolute atomic E-state index is 14.2. The smallest absolute Gasteiger partial charge is 0.264 e. The van der Waals surface area contributed by atoms with Crippen LogP contribution in [0.25, 0.3) is 0 Å². The minimum absolute atomic E-state index is 0.0222. The zero-order valence-electron chi connectivity index (χ0n) is 25.4. The lowest BCUT2D eigenvalue weighted by Crippen LogP contribution is -2.53. The Kier molecular flexibility index (Phi) is 11.5. The minimum atomic E-state index is -4.21. The van der Waals surface area contributed by atoms with Crippen molar-refractivity contribution in [1.29, 1.82) is 0 Å². The van der Waals surface area contributed by atoms with Gasteiger partial charge in [0, 0.05) is 17.6 Å². The molecule has 9 nitrogen and oxygen atoms in total. The fraction of sp³-hybridized carbons (Fsp3) is 0.394. The number of ether oxygens (including phenoxy) is 2. The molecular formula is C33H40ClN3O6S. The molecule has 0 aromatic heterocycles. The minimum Gasteiger partial charge on any atom is -0.497 e. The Labute approximate surface area is 265 Å². The Balaban J connectivity index is 1.69. The summed E-state index contributed by atoms with van der Waals surface area (Å²) < 4.78 is 40.0. The van der Waals surface area contributed by atoms with Gasteiger partial charge in [-0.1, -0.05) is 43.0 Å². The number of methoxy groups -OCH3 is 1. The Morgan fingerprint density at radius 2 is 1.66 bits per heavy atom. The van der Waals surface area contributed by atoms with Gasteiger partial charge in [0.25, 0.3) is 10.0 Å². The average Bonchev–Trinajstić information content (AvgIpc) is 3.03. The second kappa shape index (κ2) is 15.3. The van der Waals surface area contributed by atoms with Crippen LogP contribution in [-0.4, -0.2) is 57.5 Å². The average molecular weight is 642 g/mol. The van der Waals surface area contributed by atoms with Gasteiger partial charge < -0.3 is 19.7 Å². The Bertz CT molecular complexity index is 1510. The molecule has 11 heteroatoms. The van der Waals surface area contributed by atoms with Crippen LogP contribution in [0.1, 0.15) is 51.5 Å². The molecule has 1 N–H and O–H groups in total. The van der Waals surface area contributed by atoms with Crippen molar-refractivity contribution in [3.8, 4) is 11.5 Å². The molecule has 0 bridgehead atoms. The number of sulfonamides is 1. The van der Waals surface area contributed by atoms with Crippen LogP contribution in [-0.2, 0) is 26.2 Å². The first-order chi connectivity index (χ1) is 21.1. The first-order valence-corrected chi connectivity index (χ1v) is 16.7. The summed E-state index contributed by atoms with van der Waals surface area (Å²) in [6.07, 6.45) is 5.03. The van der Waals surface area contributed by atoms with E-state index >= 15 is 0 Å². The number of amides is 2. The summed E-state index contributed by atoms with van der Waals surface area (Å²) in [5.41, 5.74) is 1.01. The first kappa shape index (κ1) is 33.1. The van der Waals surface area contributed by atoms with E-state index in [0.29, 0.717) is 23.1 Å². The van der Waals surface area contributed by atoms with E-state index in [0.717, 1.165) is 42.0 Å². The maximum atomic E-state index is 14.2. The van der Waals surface area contributed by atoms with Crippen LogP contribution in [0.3, 0.4) is 0 Å². The highest BCUT2D eigenvalue weighted by molar-refractivity contribution is 7.92. The predicted molar refractivity (Wildman–Crippen MR) is 172 cm³/mol. The molecule has 3 aromatic carbocycles. The zero-order valence-corrected chi connectivity index (χ0v) is 26.9. The number of benzene rings is 3. The van der Waals surface area contributed by atoms with Crippen molar-refractivity contribution in [2.24, 2.45) is 0 Å². The molecule has 236 valence electrons. The van der Waals surface area contributed by atoms with Crippen molar-refractivity contribution < 1.29 is 27.5 Å². The monoisotopic (exact) mass is 641 g/mol. The van der Waals surface area contributed by atoms with Crippen molar-refractivity contribution in [1.82, 2.24) is 10.2 Å². The summed E-state index contributed by atoms with van der Waals surface area (Å²) in [5, 5.41) is 3.50. The van der Waals surface area contributed by atoms with Crippen LogP contribution >= 0.6 is 11.6 Å². The summed E-state index contributed by atoms with van der Waals surface area (Å²) in [6, 6.07) is 18.7. The van der Waals surface area contributed by atoms with Crippen molar-refractivity contribution >= 4 is 39.1 Å². The van der Waals surface area contributed by atoms with Crippen molar-refractivity contribution in [3.63, 3.8) is 0 Å². The number of hydrogen-bond acceptors (Lipinski definition) is 6. The van der Waals surface area contributed by atoms with Crippen LogP contribution in [0.5, 0.6) is 11.5 Å². The third kappa shape index (κ3) is 8.45. The molecule has 1 aliphatic carbocycles. The number of nitrogens with one attached hydrogen (secondary N) is 1. The highest BCUT2D eigenvalue weighted by atomic mass is 35.5. The van der Waals surface area contributed by atoms with E-state index < -0.39 is 28.5 Å². The lowest BCUT2D eigenvalue weighted by Gasteiger charge is -2.33. The van der Waals surface area contributed by atoms with Crippen LogP contribution in [0.4, 0.5) is 5.69 Å². The van der Waals surface area contributed by atoms with Gasteiger partial charge in [0.15, 0.2) is 0 Å². The maximum Gasteiger partial charge on any atom is 0.264 e. The van der Waals surface area contributed by atoms with E-state index in [1.54, 1.807) is 56.5 Å². The highest BCUT2D eigenvalue weighted by Gasteiger charge is 2.33. The quantitative estimate of drug-likeness (QED) is 0.253. The van der Waals surface area contributed by atoms with Gasteiger partial charge in [0.05, 0.1) is 24.3 Å². The van der Waals surface area contributed by atoms with Gasteiger partial charge in [-0.3, -0.25) is 13.9 Å². The molecule has 1 saturated carbocycles. The van der Waals surface area contributed by atoms with Gasteiger partial charge in [0.2, 0.25) is 11.8 Å². The molecule has 1 fully saturated rings. The summed E-state index contributed by atoms with van der Waals surface area (Å²) in [5.74, 6) is 0.362. The molecule has 1 atom stereocenters. The standard InChI is InChI=1S/C33H40ClN3O6S/c1-4-43-29-17-15-28(16-18-29)37(44(40,41)31-19-13-26(34)14-20-31)23-32(38)36(22-25-9-8-12-30(21-25)42-3)24(2)33(39)35-27-10-6-5-7-11-27/h8-9,12-21,24,27H,4-7,10-11,22-23H2,1-3H3,(H,35,39)/t24-/m1/s1. The van der Waals surface area contributed by atoms with Crippen molar-refractivity contribution in [3.05, 3.63) is 83.4 Å². The second-order valence-electron chi connectivity index (χ2n) is 10.8. The molecule has 1 aliphatic rings. The Morgan fingerprint density at radius 1 is 0.977 bits per heavy atom. The molecule has 44 heavy (non-hydrogen) atoms. The van der Waals surface area contributed by atoms with Gasteiger partial charge >= 0.3 is 0 Å². The van der Waals surface area contributed by atoms with E-state index in [4.69, 9.17) is 21.1 Å². The van der Waals surface area contributed by atoms with Crippen molar-refractivity contribution in [2.45, 2.75) is 69.5 Å². The molecule has 3 aromatic rings. The van der Waals surface area contributed by atoms with E-state index in [2.05, 4.69) is 5.32 Å². The largest absolute Gasteiger partial charge is 0.497 e. The molecule has 0 aliphatic heterocycles. The number of anilines is 1. The normalized spacial score (nSPS) is 14.4. The fourth-order valence-corrected chi connectivity index (χ4v) is 6.80. The lowest BCUT2D eigenvalue weighted by molar-refractivity contribution is -0.139. The van der Waals surface area contributed by atoms with Gasteiger partial charge in [-0.15, -0.1) is 0 Å². The molecule has 0 saturated heterocycles. The molecule has 0 unspecified atom stereocenters. The lowest BCUT2D eigenvalue weighted by atomic mass is 9.95. The molecule has 0 spiro atoms. The van der Waals surface area contributed by atoms with Crippen LogP contribution in [0.15, 0.2) is 77.7 Å². The molecule has 0 heterocycles. The molecular weight excluding hydrogens is 602 g/mol. The van der Waals surface area contributed by atoms with E-state index in [-0.39, 0.29) is 29.1 Å². The molecule has 4 rings (SSSR count). The van der Waals surface area contributed by atoms with Gasteiger partial charge in [-0.05, 0) is 92.9 Å². The number of nitrogens with zero attached hydrogens (tertiary/aromatic N) is 2. The number of hydrogen-bond donors (Lipinski definition) is 1. The van der Waals surface area contributed by atoms with E-state index in [1.165, 1.54) is 29.2 Å². The third-order valence-corrected chi connectivity index (χ3v) is 9.76. The summed E-state index contributed by atoms with van der Waals surface area (Å²) in [7, 11) is -2.66. The topological polar surface area (TPSA) is 105 Å². The highest BCUT2D eigenvalue weighted by Crippen LogP contribution is 2.28. The third-order valence-electron chi connectivity index (χ3n) is 7.72. The molecule has 2 amide bonds. The van der Waals surface area contributed by atoms with Crippen LogP contribution in [0, 0.1) is 0 Å². The predicted octanol–water partition coefficient (Wildman–Crippen LogP) is 5.81. The first-order valence-electron chi connectivity index (χ1n) is 14.9. The van der Waals surface area contributed by atoms with Crippen LogP contribution < -0.4 is 19.1 Å². The second-order valence-corrected chi connectivity index (χ2v) is 13.1. The Hall–Kier alpha value is -3.76. The number of carbonyl (C=O) groups excluding carboxylic acids is 2. The van der Waals surface area contributed by atoms with Crippen LogP contribution in [0.2, 0.25) is 5.02 Å². The van der Waals surface area contributed by atoms with E-state index in [1.807, 2.05) is 13.0 Å². The summed E-state index contributed by atoms with van der Waals surface area (Å²) in [4.78, 5) is 29.1. The van der Waals surface area contributed by atoms with Gasteiger partial charge in [-0.2, -0.15) is 0 Å². The van der Waals surface area contributed by atoms with Gasteiger partial charge in [-0.25, -0.2) is 8.42 Å². The van der Waals surface area contributed by atoms with Crippen molar-refractivity contribution in [2.75, 3.05) is 24.6 Å². The molecule has 0 radical (unpaired) electrons. The van der Waals surface area contributed by atoms with E-state index in [9.17, 15) is 18.0 Å². The SMILES string of the molecule is CCOc1ccc(N(CC(=O)N(Cc2cccc(OC)c2)[C@H](C)C(=O)NC2CCCCC2)S(=O)(=O)c2ccc(Cl)cc2)cc1. The Morgan fingerprint density at radius 3 is 2.30 bits per heavy atom.